The third-order valence-corrected chi connectivity index (χ3v) is 4.74. The molecule has 2 rings (SSSR count). The van der Waals surface area contributed by atoms with Gasteiger partial charge in [-0.05, 0) is 33.1 Å². The molecule has 0 bridgehead atoms. The number of hydrogen-bond donors (Lipinski definition) is 1. The number of rotatable bonds is 2. The molecule has 0 radical (unpaired) electrons. The summed E-state index contributed by atoms with van der Waals surface area (Å²) in [5, 5.41) is 3.39. The Balaban J connectivity index is 2.17. The summed E-state index contributed by atoms with van der Waals surface area (Å²) in [4.78, 5) is 15.0. The lowest BCUT2D eigenvalue weighted by Gasteiger charge is -2.46. The maximum Gasteiger partial charge on any atom is 0.229 e. The molecule has 0 unspecified atom stereocenters. The summed E-state index contributed by atoms with van der Waals surface area (Å²) in [5.41, 5.74) is -0.0608. The molecule has 0 atom stereocenters. The van der Waals surface area contributed by atoms with E-state index in [0.29, 0.717) is 5.91 Å². The zero-order chi connectivity index (χ0) is 12.5. The van der Waals surface area contributed by atoms with Crippen LogP contribution in [0, 0.1) is 5.41 Å². The molecule has 2 aliphatic rings. The van der Waals surface area contributed by atoms with E-state index in [1.807, 2.05) is 0 Å². The van der Waals surface area contributed by atoms with Crippen LogP contribution in [-0.2, 0) is 4.79 Å². The first-order chi connectivity index (χ1) is 8.02. The van der Waals surface area contributed by atoms with Crippen LogP contribution in [0.1, 0.15) is 52.9 Å². The van der Waals surface area contributed by atoms with Crippen molar-refractivity contribution < 1.29 is 4.79 Å². The normalized spacial score (nSPS) is 27.1. The predicted molar refractivity (Wildman–Crippen MR) is 69.9 cm³/mol. The van der Waals surface area contributed by atoms with Crippen molar-refractivity contribution in [1.82, 2.24) is 10.2 Å². The fourth-order valence-corrected chi connectivity index (χ4v) is 3.42. The standard InChI is InChI=1S/C14H26N2O/c1-4-14(7-5-6-8-14)12(17)16-10-9-15-11-13(16,2)3/h15H,4-11H2,1-3H3. The third-order valence-electron chi connectivity index (χ3n) is 4.74. The first kappa shape index (κ1) is 12.9. The highest BCUT2D eigenvalue weighted by atomic mass is 16.2. The van der Waals surface area contributed by atoms with E-state index in [1.54, 1.807) is 0 Å². The number of carbonyl (C=O) groups excluding carboxylic acids is 1. The molecule has 1 aliphatic carbocycles. The van der Waals surface area contributed by atoms with Crippen LogP contribution in [-0.4, -0.2) is 36.0 Å². The number of nitrogens with zero attached hydrogens (tertiary/aromatic N) is 1. The highest BCUT2D eigenvalue weighted by Gasteiger charge is 2.45. The van der Waals surface area contributed by atoms with Crippen LogP contribution in [0.25, 0.3) is 0 Å². The first-order valence-corrected chi connectivity index (χ1v) is 7.05. The second-order valence-electron chi connectivity index (χ2n) is 6.29. The second-order valence-corrected chi connectivity index (χ2v) is 6.29. The van der Waals surface area contributed by atoms with Crippen molar-refractivity contribution in [2.24, 2.45) is 5.41 Å². The van der Waals surface area contributed by atoms with E-state index < -0.39 is 0 Å². The molecule has 1 saturated heterocycles. The molecule has 1 N–H and O–H groups in total. The quantitative estimate of drug-likeness (QED) is 0.799. The average Bonchev–Trinajstić information content (AvgIpc) is 2.77. The lowest BCUT2D eigenvalue weighted by molar-refractivity contribution is -0.149. The van der Waals surface area contributed by atoms with E-state index in [9.17, 15) is 4.79 Å². The van der Waals surface area contributed by atoms with E-state index in [4.69, 9.17) is 0 Å². The van der Waals surface area contributed by atoms with Gasteiger partial charge in [-0.2, -0.15) is 0 Å². The van der Waals surface area contributed by atoms with E-state index in [1.165, 1.54) is 12.8 Å². The van der Waals surface area contributed by atoms with Crippen molar-refractivity contribution in [3.05, 3.63) is 0 Å². The summed E-state index contributed by atoms with van der Waals surface area (Å²) in [6.45, 7) is 9.25. The fourth-order valence-electron chi connectivity index (χ4n) is 3.42. The Labute approximate surface area is 105 Å². The topological polar surface area (TPSA) is 32.3 Å². The van der Waals surface area contributed by atoms with Gasteiger partial charge in [0.2, 0.25) is 5.91 Å². The average molecular weight is 238 g/mol. The first-order valence-electron chi connectivity index (χ1n) is 7.05. The van der Waals surface area contributed by atoms with Crippen LogP contribution in [0.3, 0.4) is 0 Å². The molecule has 1 saturated carbocycles. The van der Waals surface area contributed by atoms with Gasteiger partial charge in [-0.25, -0.2) is 0 Å². The molecular formula is C14H26N2O. The van der Waals surface area contributed by atoms with Gasteiger partial charge in [0.25, 0.3) is 0 Å². The highest BCUT2D eigenvalue weighted by Crippen LogP contribution is 2.43. The van der Waals surface area contributed by atoms with Crippen molar-refractivity contribution in [3.8, 4) is 0 Å². The maximum atomic E-state index is 12.9. The monoisotopic (exact) mass is 238 g/mol. The van der Waals surface area contributed by atoms with Gasteiger partial charge in [-0.3, -0.25) is 4.79 Å². The Morgan fingerprint density at radius 1 is 1.29 bits per heavy atom. The number of nitrogens with one attached hydrogen (secondary N) is 1. The van der Waals surface area contributed by atoms with Crippen molar-refractivity contribution in [3.63, 3.8) is 0 Å². The Morgan fingerprint density at radius 3 is 2.47 bits per heavy atom. The minimum atomic E-state index is -0.0331. The van der Waals surface area contributed by atoms with E-state index >= 15 is 0 Å². The summed E-state index contributed by atoms with van der Waals surface area (Å²) < 4.78 is 0. The lowest BCUT2D eigenvalue weighted by Crippen LogP contribution is -2.62. The van der Waals surface area contributed by atoms with Gasteiger partial charge in [0.05, 0.1) is 0 Å². The van der Waals surface area contributed by atoms with Gasteiger partial charge >= 0.3 is 0 Å². The van der Waals surface area contributed by atoms with Crippen LogP contribution in [0.15, 0.2) is 0 Å². The molecule has 0 aromatic rings. The fraction of sp³-hybridized carbons (Fsp3) is 0.929. The molecule has 2 fully saturated rings. The molecular weight excluding hydrogens is 212 g/mol. The molecule has 0 spiro atoms. The van der Waals surface area contributed by atoms with Gasteiger partial charge in [-0.15, -0.1) is 0 Å². The lowest BCUT2D eigenvalue weighted by atomic mass is 9.80. The maximum absolute atomic E-state index is 12.9. The minimum absolute atomic E-state index is 0.0277. The van der Waals surface area contributed by atoms with Crippen LogP contribution >= 0.6 is 0 Å². The van der Waals surface area contributed by atoms with E-state index in [-0.39, 0.29) is 11.0 Å². The molecule has 1 heterocycles. The van der Waals surface area contributed by atoms with Gasteiger partial charge < -0.3 is 10.2 Å². The minimum Gasteiger partial charge on any atom is -0.335 e. The highest BCUT2D eigenvalue weighted by molar-refractivity contribution is 5.83. The molecule has 0 aromatic carbocycles. The zero-order valence-electron chi connectivity index (χ0n) is 11.5. The van der Waals surface area contributed by atoms with Crippen LogP contribution < -0.4 is 5.32 Å². The van der Waals surface area contributed by atoms with Crippen molar-refractivity contribution in [2.45, 2.75) is 58.4 Å². The largest absolute Gasteiger partial charge is 0.335 e. The second kappa shape index (κ2) is 4.60. The Bertz CT molecular complexity index is 293. The number of piperazine rings is 1. The summed E-state index contributed by atoms with van der Waals surface area (Å²) in [6.07, 6.45) is 5.66. The smallest absolute Gasteiger partial charge is 0.229 e. The Morgan fingerprint density at radius 2 is 1.94 bits per heavy atom. The van der Waals surface area contributed by atoms with Crippen LogP contribution in [0.2, 0.25) is 0 Å². The van der Waals surface area contributed by atoms with E-state index in [0.717, 1.165) is 38.9 Å². The predicted octanol–water partition coefficient (Wildman–Crippen LogP) is 2.17. The van der Waals surface area contributed by atoms with Gasteiger partial charge in [0.15, 0.2) is 0 Å². The number of hydrogen-bond acceptors (Lipinski definition) is 2. The zero-order valence-corrected chi connectivity index (χ0v) is 11.5. The molecule has 1 aliphatic heterocycles. The van der Waals surface area contributed by atoms with Crippen molar-refractivity contribution in [1.29, 1.82) is 0 Å². The number of carbonyl (C=O) groups is 1. The molecule has 98 valence electrons. The van der Waals surface area contributed by atoms with Crippen molar-refractivity contribution in [2.75, 3.05) is 19.6 Å². The van der Waals surface area contributed by atoms with Gasteiger partial charge in [0, 0.05) is 30.6 Å². The van der Waals surface area contributed by atoms with Gasteiger partial charge in [-0.1, -0.05) is 19.8 Å². The van der Waals surface area contributed by atoms with Crippen molar-refractivity contribution >= 4 is 5.91 Å². The summed E-state index contributed by atoms with van der Waals surface area (Å²) in [5.74, 6) is 0.420. The molecule has 3 nitrogen and oxygen atoms in total. The summed E-state index contributed by atoms with van der Waals surface area (Å²) in [7, 11) is 0. The van der Waals surface area contributed by atoms with Crippen LogP contribution in [0.5, 0.6) is 0 Å². The van der Waals surface area contributed by atoms with E-state index in [2.05, 4.69) is 31.0 Å². The number of amides is 1. The SMILES string of the molecule is CCC1(C(=O)N2CCNCC2(C)C)CCCC1. The Hall–Kier alpha value is -0.570. The molecule has 3 heteroatoms. The molecule has 17 heavy (non-hydrogen) atoms. The summed E-state index contributed by atoms with van der Waals surface area (Å²) in [6, 6.07) is 0. The van der Waals surface area contributed by atoms with Crippen LogP contribution in [0.4, 0.5) is 0 Å². The molecule has 1 amide bonds. The Kier molecular flexibility index (Phi) is 3.48. The summed E-state index contributed by atoms with van der Waals surface area (Å²) >= 11 is 0. The van der Waals surface area contributed by atoms with Gasteiger partial charge in [0.1, 0.15) is 0 Å². The third kappa shape index (κ3) is 2.22. The molecule has 0 aromatic heterocycles.